The van der Waals surface area contributed by atoms with Gasteiger partial charge in [0.1, 0.15) is 12.6 Å². The molecule has 2 aromatic rings. The molecule has 2 amide bonds. The molecule has 0 radical (unpaired) electrons. The molecule has 7 nitrogen and oxygen atoms in total. The van der Waals surface area contributed by atoms with Gasteiger partial charge in [0.05, 0.1) is 13.2 Å². The number of halogens is 3. The van der Waals surface area contributed by atoms with Crippen molar-refractivity contribution in [3.63, 3.8) is 0 Å². The van der Waals surface area contributed by atoms with E-state index >= 15 is 0 Å². The van der Waals surface area contributed by atoms with Crippen LogP contribution in [0.1, 0.15) is 11.9 Å². The Balaban J connectivity index is 1.75. The van der Waals surface area contributed by atoms with Crippen LogP contribution in [-0.2, 0) is 4.74 Å². The van der Waals surface area contributed by atoms with E-state index in [4.69, 9.17) is 9.26 Å². The molecule has 3 rings (SSSR count). The van der Waals surface area contributed by atoms with Crippen LogP contribution in [0.5, 0.6) is 0 Å². The Bertz CT molecular complexity index is 720. The first kappa shape index (κ1) is 17.2. The lowest BCUT2D eigenvalue weighted by molar-refractivity contribution is -0.123. The molecule has 10 heteroatoms. The Labute approximate surface area is 140 Å². The van der Waals surface area contributed by atoms with Gasteiger partial charge in [-0.1, -0.05) is 35.5 Å². The molecule has 134 valence electrons. The number of benzene rings is 1. The summed E-state index contributed by atoms with van der Waals surface area (Å²) in [6.07, 6.45) is -4.48. The Hall–Kier alpha value is -2.62. The first-order valence-corrected chi connectivity index (χ1v) is 7.52. The van der Waals surface area contributed by atoms with Gasteiger partial charge in [0.15, 0.2) is 0 Å². The van der Waals surface area contributed by atoms with Gasteiger partial charge >= 0.3 is 12.2 Å². The third kappa shape index (κ3) is 4.27. The lowest BCUT2D eigenvalue weighted by atomic mass is 10.2. The van der Waals surface area contributed by atoms with Crippen LogP contribution in [0, 0.1) is 0 Å². The minimum Gasteiger partial charge on any atom is -0.377 e. The van der Waals surface area contributed by atoms with Crippen molar-refractivity contribution < 1.29 is 27.2 Å². The normalized spacial score (nSPS) is 18.2. The number of rotatable bonds is 3. The minimum absolute atomic E-state index is 0.0653. The maximum Gasteiger partial charge on any atom is 0.405 e. The molecule has 1 fully saturated rings. The van der Waals surface area contributed by atoms with Crippen LogP contribution >= 0.6 is 0 Å². The number of alkyl halides is 3. The molecule has 0 aliphatic carbocycles. The lowest BCUT2D eigenvalue weighted by Crippen LogP contribution is -2.50. The maximum absolute atomic E-state index is 12.3. The highest BCUT2D eigenvalue weighted by Gasteiger charge is 2.35. The molecule has 1 aliphatic rings. The van der Waals surface area contributed by atoms with Crippen molar-refractivity contribution in [2.45, 2.75) is 12.2 Å². The number of morpholine rings is 1. The van der Waals surface area contributed by atoms with Crippen LogP contribution < -0.4 is 5.32 Å². The number of nitrogens with one attached hydrogen (secondary N) is 1. The monoisotopic (exact) mass is 356 g/mol. The van der Waals surface area contributed by atoms with Crippen molar-refractivity contribution in [3.05, 3.63) is 36.2 Å². The van der Waals surface area contributed by atoms with Crippen LogP contribution in [0.3, 0.4) is 0 Å². The zero-order valence-electron chi connectivity index (χ0n) is 13.0. The van der Waals surface area contributed by atoms with Gasteiger partial charge in [-0.2, -0.15) is 18.2 Å². The highest BCUT2D eigenvalue weighted by molar-refractivity contribution is 5.74. The fourth-order valence-corrected chi connectivity index (χ4v) is 2.40. The molecule has 0 spiro atoms. The van der Waals surface area contributed by atoms with E-state index in [1.807, 2.05) is 23.5 Å². The van der Waals surface area contributed by atoms with Gasteiger partial charge in [-0.15, -0.1) is 0 Å². The summed E-state index contributed by atoms with van der Waals surface area (Å²) in [5, 5.41) is 5.71. The van der Waals surface area contributed by atoms with Gasteiger partial charge in [-0.25, -0.2) is 4.79 Å². The van der Waals surface area contributed by atoms with E-state index in [1.54, 1.807) is 12.1 Å². The molecular formula is C15H15F3N4O3. The van der Waals surface area contributed by atoms with Crippen LogP contribution in [0.4, 0.5) is 18.0 Å². The molecule has 1 aliphatic heterocycles. The van der Waals surface area contributed by atoms with Gasteiger partial charge in [-0.3, -0.25) is 0 Å². The summed E-state index contributed by atoms with van der Waals surface area (Å²) in [4.78, 5) is 17.5. The molecule has 1 atom stereocenters. The van der Waals surface area contributed by atoms with Crippen LogP contribution in [0.15, 0.2) is 34.9 Å². The predicted octanol–water partition coefficient (Wildman–Crippen LogP) is 2.38. The minimum atomic E-state index is -4.48. The Morgan fingerprint density at radius 2 is 2.08 bits per heavy atom. The second-order valence-corrected chi connectivity index (χ2v) is 5.38. The van der Waals surface area contributed by atoms with Crippen molar-refractivity contribution in [2.24, 2.45) is 0 Å². The van der Waals surface area contributed by atoms with Crippen molar-refractivity contribution in [2.75, 3.05) is 26.3 Å². The fraction of sp³-hybridized carbons (Fsp3) is 0.400. The maximum atomic E-state index is 12.3. The number of urea groups is 1. The van der Waals surface area contributed by atoms with E-state index in [0.29, 0.717) is 5.82 Å². The fourth-order valence-electron chi connectivity index (χ4n) is 2.40. The molecule has 0 bridgehead atoms. The molecule has 1 unspecified atom stereocenters. The highest BCUT2D eigenvalue weighted by atomic mass is 19.4. The molecule has 1 aromatic carbocycles. The lowest BCUT2D eigenvalue weighted by Gasteiger charge is -2.33. The van der Waals surface area contributed by atoms with Gasteiger partial charge in [0.25, 0.3) is 5.89 Å². The van der Waals surface area contributed by atoms with Crippen LogP contribution in [0.25, 0.3) is 11.4 Å². The smallest absolute Gasteiger partial charge is 0.377 e. The first-order chi connectivity index (χ1) is 11.9. The quantitative estimate of drug-likeness (QED) is 0.913. The summed E-state index contributed by atoms with van der Waals surface area (Å²) in [5.74, 6) is 0.442. The molecule has 1 saturated heterocycles. The molecular weight excluding hydrogens is 341 g/mol. The third-order valence-electron chi connectivity index (χ3n) is 3.59. The number of ether oxygens (including phenoxy) is 1. The summed E-state index contributed by atoms with van der Waals surface area (Å²) in [5.41, 5.74) is 0.724. The van der Waals surface area contributed by atoms with Crippen molar-refractivity contribution in [3.8, 4) is 11.4 Å². The van der Waals surface area contributed by atoms with E-state index < -0.39 is 24.8 Å². The van der Waals surface area contributed by atoms with Gasteiger partial charge in [-0.05, 0) is 0 Å². The van der Waals surface area contributed by atoms with E-state index in [1.165, 1.54) is 4.90 Å². The predicted molar refractivity (Wildman–Crippen MR) is 79.5 cm³/mol. The number of aromatic nitrogens is 2. The van der Waals surface area contributed by atoms with E-state index in [-0.39, 0.29) is 25.6 Å². The zero-order valence-corrected chi connectivity index (χ0v) is 13.0. The average molecular weight is 356 g/mol. The second-order valence-electron chi connectivity index (χ2n) is 5.38. The number of hydrogen-bond donors (Lipinski definition) is 1. The van der Waals surface area contributed by atoms with Crippen molar-refractivity contribution in [1.29, 1.82) is 0 Å². The first-order valence-electron chi connectivity index (χ1n) is 7.52. The zero-order chi connectivity index (χ0) is 17.9. The number of hydrogen-bond acceptors (Lipinski definition) is 5. The number of nitrogens with zero attached hydrogens (tertiary/aromatic N) is 3. The molecule has 1 aromatic heterocycles. The second kappa shape index (κ2) is 7.09. The summed E-state index contributed by atoms with van der Waals surface area (Å²) in [6.45, 7) is -1.00. The Kier molecular flexibility index (Phi) is 4.88. The van der Waals surface area contributed by atoms with Crippen molar-refractivity contribution in [1.82, 2.24) is 20.4 Å². The summed E-state index contributed by atoms with van der Waals surface area (Å²) < 4.78 is 47.4. The van der Waals surface area contributed by atoms with Gasteiger partial charge in [0, 0.05) is 12.1 Å². The molecule has 1 N–H and O–H groups in total. The summed E-state index contributed by atoms with van der Waals surface area (Å²) >= 11 is 0. The Morgan fingerprint density at radius 1 is 1.32 bits per heavy atom. The Morgan fingerprint density at radius 3 is 2.80 bits per heavy atom. The molecule has 0 saturated carbocycles. The van der Waals surface area contributed by atoms with Gasteiger partial charge < -0.3 is 19.5 Å². The topological polar surface area (TPSA) is 80.5 Å². The van der Waals surface area contributed by atoms with Crippen LogP contribution in [0.2, 0.25) is 0 Å². The standard InChI is InChI=1S/C15H15F3N4O3/c16-15(17,18)9-19-14(23)22-6-7-24-8-11(22)13-20-12(21-25-13)10-4-2-1-3-5-10/h1-5,11H,6-9H2,(H,19,23). The SMILES string of the molecule is O=C(NCC(F)(F)F)N1CCOCC1c1nc(-c2ccccc2)no1. The summed E-state index contributed by atoms with van der Waals surface area (Å²) in [7, 11) is 0. The number of amides is 2. The number of carbonyl (C=O) groups excluding carboxylic acids is 1. The van der Waals surface area contributed by atoms with Crippen molar-refractivity contribution >= 4 is 6.03 Å². The number of carbonyl (C=O) groups is 1. The largest absolute Gasteiger partial charge is 0.405 e. The van der Waals surface area contributed by atoms with E-state index in [0.717, 1.165) is 5.56 Å². The average Bonchev–Trinajstić information content (AvgIpc) is 3.10. The molecule has 2 heterocycles. The molecule has 25 heavy (non-hydrogen) atoms. The van der Waals surface area contributed by atoms with Gasteiger partial charge in [0.2, 0.25) is 5.82 Å². The van der Waals surface area contributed by atoms with E-state index in [2.05, 4.69) is 10.1 Å². The third-order valence-corrected chi connectivity index (χ3v) is 3.59. The highest BCUT2D eigenvalue weighted by Crippen LogP contribution is 2.25. The van der Waals surface area contributed by atoms with E-state index in [9.17, 15) is 18.0 Å². The summed E-state index contributed by atoms with van der Waals surface area (Å²) in [6, 6.07) is 7.45. The van der Waals surface area contributed by atoms with Crippen LogP contribution in [-0.4, -0.2) is 53.6 Å².